The lowest BCUT2D eigenvalue weighted by molar-refractivity contribution is -0.127. The zero-order valence-electron chi connectivity index (χ0n) is 17.4. The fraction of sp³-hybridized carbons (Fsp3) is 0.208. The fourth-order valence-corrected chi connectivity index (χ4v) is 3.82. The maximum atomic E-state index is 13.4. The molecule has 0 aliphatic carbocycles. The molecule has 7 nitrogen and oxygen atoms in total. The third kappa shape index (κ3) is 4.54. The molecule has 2 heterocycles. The van der Waals surface area contributed by atoms with Crippen LogP contribution in [0.4, 0.5) is 4.39 Å². The molecule has 3 aromatic rings. The van der Waals surface area contributed by atoms with Crippen molar-refractivity contribution < 1.29 is 18.7 Å². The van der Waals surface area contributed by atoms with Crippen LogP contribution >= 0.6 is 0 Å². The highest BCUT2D eigenvalue weighted by atomic mass is 19.1. The first-order valence-corrected chi connectivity index (χ1v) is 10.3. The second-order valence-corrected chi connectivity index (χ2v) is 7.60. The van der Waals surface area contributed by atoms with Gasteiger partial charge in [-0.1, -0.05) is 12.6 Å². The van der Waals surface area contributed by atoms with Crippen LogP contribution in [0.25, 0.3) is 11.3 Å². The number of carbonyl (C=O) groups excluding carboxylic acids is 2. The number of halogens is 1. The van der Waals surface area contributed by atoms with Gasteiger partial charge in [0.15, 0.2) is 0 Å². The second kappa shape index (κ2) is 9.05. The van der Waals surface area contributed by atoms with E-state index in [0.29, 0.717) is 41.4 Å². The Morgan fingerprint density at radius 3 is 2.66 bits per heavy atom. The van der Waals surface area contributed by atoms with E-state index in [2.05, 4.69) is 11.7 Å². The van der Waals surface area contributed by atoms with E-state index in [9.17, 15) is 14.0 Å². The molecule has 1 fully saturated rings. The average Bonchev–Trinajstić information content (AvgIpc) is 3.25. The van der Waals surface area contributed by atoms with Crippen molar-refractivity contribution in [2.24, 2.45) is 5.73 Å². The lowest BCUT2D eigenvalue weighted by Crippen LogP contribution is -2.40. The van der Waals surface area contributed by atoms with Gasteiger partial charge < -0.3 is 15.4 Å². The summed E-state index contributed by atoms with van der Waals surface area (Å²) in [7, 11) is 0. The van der Waals surface area contributed by atoms with E-state index in [1.807, 2.05) is 0 Å². The molecule has 1 aromatic heterocycles. The predicted octanol–water partition coefficient (Wildman–Crippen LogP) is 3.93. The summed E-state index contributed by atoms with van der Waals surface area (Å²) in [6, 6.07) is 12.8. The van der Waals surface area contributed by atoms with Gasteiger partial charge in [-0.2, -0.15) is 5.10 Å². The third-order valence-corrected chi connectivity index (χ3v) is 5.41. The number of aromatic nitrogens is 2. The van der Waals surface area contributed by atoms with Gasteiger partial charge in [-0.3, -0.25) is 14.3 Å². The topological polar surface area (TPSA) is 90.5 Å². The monoisotopic (exact) mass is 434 g/mol. The lowest BCUT2D eigenvalue weighted by Gasteiger charge is -2.32. The van der Waals surface area contributed by atoms with E-state index in [0.717, 1.165) is 12.8 Å². The largest absolute Gasteiger partial charge is 0.457 e. The number of carbonyl (C=O) groups is 2. The molecule has 1 saturated heterocycles. The molecule has 32 heavy (non-hydrogen) atoms. The molecular weight excluding hydrogens is 411 g/mol. The number of piperidine rings is 1. The van der Waals surface area contributed by atoms with Gasteiger partial charge in [-0.05, 0) is 55.3 Å². The van der Waals surface area contributed by atoms with Crippen LogP contribution in [0.5, 0.6) is 11.5 Å². The molecule has 4 rings (SSSR count). The molecule has 0 bridgehead atoms. The molecule has 1 aliphatic rings. The van der Waals surface area contributed by atoms with Gasteiger partial charge in [0.1, 0.15) is 23.0 Å². The number of ether oxygens (including phenoxy) is 1. The van der Waals surface area contributed by atoms with E-state index in [1.165, 1.54) is 18.2 Å². The number of nitrogens with two attached hydrogens (primary N) is 1. The van der Waals surface area contributed by atoms with Crippen molar-refractivity contribution in [3.05, 3.63) is 78.8 Å². The van der Waals surface area contributed by atoms with Crippen molar-refractivity contribution >= 4 is 11.8 Å². The van der Waals surface area contributed by atoms with Gasteiger partial charge in [0, 0.05) is 30.9 Å². The molecule has 8 heteroatoms. The standard InChI is InChI=1S/C24H23FN4O3/c1-2-22(30)28-12-4-6-18(14-28)29-15-21(24(26)31)23(27-29)16-8-10-19(11-9-16)32-20-7-3-5-17(25)13-20/h2-3,5,7-11,13,15,18H,1,4,6,12,14H2,(H2,26,31). The summed E-state index contributed by atoms with van der Waals surface area (Å²) in [5.41, 5.74) is 7.06. The number of amides is 2. The molecule has 1 aliphatic heterocycles. The number of likely N-dealkylation sites (tertiary alicyclic amines) is 1. The Kier molecular flexibility index (Phi) is 6.02. The van der Waals surface area contributed by atoms with Gasteiger partial charge in [-0.25, -0.2) is 4.39 Å². The van der Waals surface area contributed by atoms with Crippen LogP contribution in [0.3, 0.4) is 0 Å². The Morgan fingerprint density at radius 2 is 1.97 bits per heavy atom. The van der Waals surface area contributed by atoms with Gasteiger partial charge >= 0.3 is 0 Å². The minimum atomic E-state index is -0.582. The van der Waals surface area contributed by atoms with Gasteiger partial charge in [0.2, 0.25) is 5.91 Å². The van der Waals surface area contributed by atoms with Crippen LogP contribution < -0.4 is 10.5 Å². The fourth-order valence-electron chi connectivity index (χ4n) is 3.82. The summed E-state index contributed by atoms with van der Waals surface area (Å²) in [6.45, 7) is 4.71. The number of rotatable bonds is 6. The molecule has 1 atom stereocenters. The highest BCUT2D eigenvalue weighted by Gasteiger charge is 2.26. The van der Waals surface area contributed by atoms with Gasteiger partial charge in [-0.15, -0.1) is 0 Å². The SMILES string of the molecule is C=CC(=O)N1CCCC(n2cc(C(N)=O)c(-c3ccc(Oc4cccc(F)c4)cc3)n2)C1. The molecule has 0 radical (unpaired) electrons. The zero-order valence-corrected chi connectivity index (χ0v) is 17.4. The molecule has 164 valence electrons. The van der Waals surface area contributed by atoms with Crippen molar-refractivity contribution in [2.45, 2.75) is 18.9 Å². The van der Waals surface area contributed by atoms with E-state index >= 15 is 0 Å². The smallest absolute Gasteiger partial charge is 0.252 e. The van der Waals surface area contributed by atoms with Crippen LogP contribution in [-0.4, -0.2) is 39.6 Å². The predicted molar refractivity (Wildman–Crippen MR) is 118 cm³/mol. The Balaban J connectivity index is 1.58. The molecule has 1 unspecified atom stereocenters. The summed E-state index contributed by atoms with van der Waals surface area (Å²) in [6.07, 6.45) is 4.61. The molecule has 0 saturated carbocycles. The number of hydrogen-bond donors (Lipinski definition) is 1. The number of hydrogen-bond acceptors (Lipinski definition) is 4. The molecular formula is C24H23FN4O3. The first-order valence-electron chi connectivity index (χ1n) is 10.3. The highest BCUT2D eigenvalue weighted by molar-refractivity contribution is 5.98. The molecule has 2 aromatic carbocycles. The van der Waals surface area contributed by atoms with Crippen molar-refractivity contribution in [1.29, 1.82) is 0 Å². The Hall–Kier alpha value is -3.94. The van der Waals surface area contributed by atoms with Crippen LogP contribution in [0.15, 0.2) is 67.4 Å². The van der Waals surface area contributed by atoms with E-state index < -0.39 is 5.91 Å². The maximum Gasteiger partial charge on any atom is 0.252 e. The zero-order chi connectivity index (χ0) is 22.7. The summed E-state index contributed by atoms with van der Waals surface area (Å²) in [5.74, 6) is -0.180. The number of primary amides is 1. The highest BCUT2D eigenvalue weighted by Crippen LogP contribution is 2.29. The normalized spacial score (nSPS) is 15.9. The van der Waals surface area contributed by atoms with Gasteiger partial charge in [0.05, 0.1) is 11.6 Å². The minimum absolute atomic E-state index is 0.0601. The lowest BCUT2D eigenvalue weighted by atomic mass is 10.1. The summed E-state index contributed by atoms with van der Waals surface area (Å²) >= 11 is 0. The Morgan fingerprint density at radius 1 is 1.19 bits per heavy atom. The molecule has 2 N–H and O–H groups in total. The minimum Gasteiger partial charge on any atom is -0.457 e. The van der Waals surface area contributed by atoms with E-state index in [-0.39, 0.29) is 17.8 Å². The Bertz CT molecular complexity index is 1160. The van der Waals surface area contributed by atoms with Crippen molar-refractivity contribution in [2.75, 3.05) is 13.1 Å². The number of benzene rings is 2. The van der Waals surface area contributed by atoms with Crippen molar-refractivity contribution in [3.63, 3.8) is 0 Å². The summed E-state index contributed by atoms with van der Waals surface area (Å²) < 4.78 is 20.7. The van der Waals surface area contributed by atoms with Crippen LogP contribution in [0, 0.1) is 5.82 Å². The average molecular weight is 434 g/mol. The first-order chi connectivity index (χ1) is 15.4. The van der Waals surface area contributed by atoms with E-state index in [1.54, 1.807) is 52.2 Å². The van der Waals surface area contributed by atoms with Crippen LogP contribution in [0.2, 0.25) is 0 Å². The van der Waals surface area contributed by atoms with Crippen molar-refractivity contribution in [1.82, 2.24) is 14.7 Å². The molecule has 0 spiro atoms. The number of nitrogens with zero attached hydrogens (tertiary/aromatic N) is 3. The van der Waals surface area contributed by atoms with Crippen LogP contribution in [0.1, 0.15) is 29.2 Å². The summed E-state index contributed by atoms with van der Waals surface area (Å²) in [5, 5.41) is 4.63. The Labute approximate surface area is 184 Å². The second-order valence-electron chi connectivity index (χ2n) is 7.60. The quantitative estimate of drug-likeness (QED) is 0.595. The van der Waals surface area contributed by atoms with Crippen LogP contribution in [-0.2, 0) is 4.79 Å². The van der Waals surface area contributed by atoms with Gasteiger partial charge in [0.25, 0.3) is 5.91 Å². The van der Waals surface area contributed by atoms with Crippen molar-refractivity contribution in [3.8, 4) is 22.8 Å². The maximum absolute atomic E-state index is 13.4. The van der Waals surface area contributed by atoms with E-state index in [4.69, 9.17) is 10.5 Å². The molecule has 2 amide bonds. The summed E-state index contributed by atoms with van der Waals surface area (Å²) in [4.78, 5) is 25.8. The first kappa shape index (κ1) is 21.3. The third-order valence-electron chi connectivity index (χ3n) is 5.41.